The van der Waals surface area contributed by atoms with Crippen molar-refractivity contribution in [1.82, 2.24) is 4.98 Å². The Balaban J connectivity index is 1.66. The molecule has 1 heterocycles. The van der Waals surface area contributed by atoms with Gasteiger partial charge in [0, 0.05) is 28.7 Å². The second-order valence-corrected chi connectivity index (χ2v) is 7.10. The molecule has 6 heteroatoms. The van der Waals surface area contributed by atoms with E-state index in [4.69, 9.17) is 14.2 Å². The summed E-state index contributed by atoms with van der Waals surface area (Å²) in [5.41, 5.74) is 2.11. The summed E-state index contributed by atoms with van der Waals surface area (Å²) in [6, 6.07) is 12.8. The predicted octanol–water partition coefficient (Wildman–Crippen LogP) is 4.79. The van der Waals surface area contributed by atoms with Crippen molar-refractivity contribution in [1.29, 1.82) is 0 Å². The van der Waals surface area contributed by atoms with Gasteiger partial charge in [-0.05, 0) is 50.6 Å². The number of ether oxygens (including phenoxy) is 3. The molecular weight excluding hydrogens is 382 g/mol. The molecule has 3 aromatic rings. The third-order valence-corrected chi connectivity index (χ3v) is 4.48. The molecule has 6 nitrogen and oxygen atoms in total. The van der Waals surface area contributed by atoms with Crippen molar-refractivity contribution in [3.05, 3.63) is 65.9 Å². The van der Waals surface area contributed by atoms with Crippen molar-refractivity contribution >= 4 is 28.7 Å². The molecule has 0 bridgehead atoms. The largest absolute Gasteiger partial charge is 0.493 e. The summed E-state index contributed by atoms with van der Waals surface area (Å²) >= 11 is 0. The smallest absolute Gasteiger partial charge is 0.331 e. The first-order chi connectivity index (χ1) is 14.4. The van der Waals surface area contributed by atoms with Gasteiger partial charge in [-0.15, -0.1) is 0 Å². The lowest BCUT2D eigenvalue weighted by Crippen LogP contribution is -2.23. The summed E-state index contributed by atoms with van der Waals surface area (Å²) in [4.78, 5) is 27.9. The Morgan fingerprint density at radius 2 is 1.80 bits per heavy atom. The zero-order valence-electron chi connectivity index (χ0n) is 17.5. The monoisotopic (exact) mass is 407 g/mol. The molecule has 0 fully saturated rings. The Morgan fingerprint density at radius 3 is 2.53 bits per heavy atom. The van der Waals surface area contributed by atoms with Gasteiger partial charge in [0.05, 0.1) is 13.2 Å². The molecule has 1 N–H and O–H groups in total. The second kappa shape index (κ2) is 9.31. The van der Waals surface area contributed by atoms with E-state index < -0.39 is 12.1 Å². The van der Waals surface area contributed by atoms with Crippen molar-refractivity contribution in [2.24, 2.45) is 0 Å². The minimum Gasteiger partial charge on any atom is -0.493 e. The van der Waals surface area contributed by atoms with Gasteiger partial charge in [-0.1, -0.05) is 24.3 Å². The van der Waals surface area contributed by atoms with Crippen LogP contribution in [0.1, 0.15) is 36.7 Å². The number of carbonyl (C=O) groups excluding carboxylic acids is 2. The number of fused-ring (bicyclic) bond motifs is 1. The first-order valence-electron chi connectivity index (χ1n) is 9.72. The van der Waals surface area contributed by atoms with E-state index in [-0.39, 0.29) is 11.9 Å². The number of aromatic amines is 1. The van der Waals surface area contributed by atoms with E-state index in [1.165, 1.54) is 6.08 Å². The summed E-state index contributed by atoms with van der Waals surface area (Å²) in [6.45, 7) is 5.43. The predicted molar refractivity (Wildman–Crippen MR) is 116 cm³/mol. The van der Waals surface area contributed by atoms with Crippen LogP contribution in [0.5, 0.6) is 11.5 Å². The standard InChI is InChI=1S/C24H25NO5/c1-15(2)29-21-11-9-17(13-22(21)28-4)10-12-23(26)30-16(3)24(27)19-14-25-20-8-6-5-7-18(19)20/h5-16,25H,1-4H3/b12-10+/t16-/m1/s1. The number of methoxy groups -OCH3 is 1. The van der Waals surface area contributed by atoms with Crippen LogP contribution in [0.3, 0.4) is 0 Å². The number of esters is 1. The Bertz CT molecular complexity index is 1080. The van der Waals surface area contributed by atoms with Crippen molar-refractivity contribution in [2.75, 3.05) is 7.11 Å². The highest BCUT2D eigenvalue weighted by Gasteiger charge is 2.21. The van der Waals surface area contributed by atoms with Crippen LogP contribution in [0.25, 0.3) is 17.0 Å². The molecule has 3 rings (SSSR count). The van der Waals surface area contributed by atoms with Crippen LogP contribution < -0.4 is 9.47 Å². The van der Waals surface area contributed by atoms with E-state index in [0.717, 1.165) is 16.5 Å². The SMILES string of the molecule is COc1cc(/C=C/C(=O)O[C@H](C)C(=O)c2c[nH]c3ccccc23)ccc1OC(C)C. The number of hydrogen-bond acceptors (Lipinski definition) is 5. The second-order valence-electron chi connectivity index (χ2n) is 7.10. The molecule has 0 aliphatic rings. The number of carbonyl (C=O) groups is 2. The van der Waals surface area contributed by atoms with Gasteiger partial charge in [-0.25, -0.2) is 4.79 Å². The molecule has 0 saturated carbocycles. The highest BCUT2D eigenvalue weighted by Crippen LogP contribution is 2.29. The van der Waals surface area contributed by atoms with Crippen LogP contribution in [-0.4, -0.2) is 36.1 Å². The van der Waals surface area contributed by atoms with E-state index in [2.05, 4.69) is 4.98 Å². The van der Waals surface area contributed by atoms with Gasteiger partial charge in [-0.3, -0.25) is 4.79 Å². The van der Waals surface area contributed by atoms with Crippen LogP contribution in [0.4, 0.5) is 0 Å². The molecule has 0 saturated heterocycles. The molecule has 1 aromatic heterocycles. The fourth-order valence-corrected chi connectivity index (χ4v) is 3.06. The van der Waals surface area contributed by atoms with Gasteiger partial charge in [-0.2, -0.15) is 0 Å². The number of ketones is 1. The first-order valence-corrected chi connectivity index (χ1v) is 9.72. The molecule has 0 amide bonds. The van der Waals surface area contributed by atoms with E-state index in [1.54, 1.807) is 38.4 Å². The summed E-state index contributed by atoms with van der Waals surface area (Å²) < 4.78 is 16.3. The molecule has 30 heavy (non-hydrogen) atoms. The van der Waals surface area contributed by atoms with Crippen molar-refractivity contribution in [2.45, 2.75) is 33.0 Å². The molecule has 0 aliphatic heterocycles. The lowest BCUT2D eigenvalue weighted by atomic mass is 10.1. The maximum Gasteiger partial charge on any atom is 0.331 e. The zero-order chi connectivity index (χ0) is 21.7. The topological polar surface area (TPSA) is 77.6 Å². The molecule has 0 unspecified atom stereocenters. The third kappa shape index (κ3) is 4.89. The Kier molecular flexibility index (Phi) is 6.57. The molecule has 0 spiro atoms. The normalized spacial score (nSPS) is 12.3. The number of para-hydroxylation sites is 1. The molecule has 2 aromatic carbocycles. The van der Waals surface area contributed by atoms with Crippen LogP contribution in [0.2, 0.25) is 0 Å². The highest BCUT2D eigenvalue weighted by atomic mass is 16.5. The molecule has 0 aliphatic carbocycles. The van der Waals surface area contributed by atoms with Crippen LogP contribution in [-0.2, 0) is 9.53 Å². The van der Waals surface area contributed by atoms with Crippen molar-refractivity contribution in [3.8, 4) is 11.5 Å². The fraction of sp³-hybridized carbons (Fsp3) is 0.250. The van der Waals surface area contributed by atoms with Gasteiger partial charge in [0.25, 0.3) is 0 Å². The highest BCUT2D eigenvalue weighted by molar-refractivity contribution is 6.10. The Morgan fingerprint density at radius 1 is 1.03 bits per heavy atom. The van der Waals surface area contributed by atoms with Gasteiger partial charge in [0.2, 0.25) is 5.78 Å². The number of Topliss-reactive ketones (excluding diaryl/α,β-unsaturated/α-hetero) is 1. The van der Waals surface area contributed by atoms with Crippen LogP contribution in [0, 0.1) is 0 Å². The average molecular weight is 407 g/mol. The van der Waals surface area contributed by atoms with E-state index >= 15 is 0 Å². The number of aromatic nitrogens is 1. The third-order valence-electron chi connectivity index (χ3n) is 4.48. The lowest BCUT2D eigenvalue weighted by Gasteiger charge is -2.13. The molecule has 156 valence electrons. The molecule has 0 radical (unpaired) electrons. The maximum atomic E-state index is 12.7. The van der Waals surface area contributed by atoms with Crippen LogP contribution >= 0.6 is 0 Å². The fourth-order valence-electron chi connectivity index (χ4n) is 3.06. The van der Waals surface area contributed by atoms with E-state index in [0.29, 0.717) is 17.1 Å². The van der Waals surface area contributed by atoms with E-state index in [9.17, 15) is 9.59 Å². The Hall–Kier alpha value is -3.54. The average Bonchev–Trinajstić information content (AvgIpc) is 3.16. The summed E-state index contributed by atoms with van der Waals surface area (Å²) in [7, 11) is 1.56. The Labute approximate surface area is 175 Å². The first kappa shape index (κ1) is 21.2. The minimum absolute atomic E-state index is 0.0199. The van der Waals surface area contributed by atoms with Crippen molar-refractivity contribution < 1.29 is 23.8 Å². The number of rotatable bonds is 8. The number of nitrogens with one attached hydrogen (secondary N) is 1. The summed E-state index contributed by atoms with van der Waals surface area (Å²) in [6.07, 6.45) is 3.65. The van der Waals surface area contributed by atoms with Crippen molar-refractivity contribution in [3.63, 3.8) is 0 Å². The van der Waals surface area contributed by atoms with Gasteiger partial charge in [0.1, 0.15) is 0 Å². The number of H-pyrrole nitrogens is 1. The van der Waals surface area contributed by atoms with Gasteiger partial charge >= 0.3 is 5.97 Å². The lowest BCUT2D eigenvalue weighted by molar-refractivity contribution is -0.140. The van der Waals surface area contributed by atoms with E-state index in [1.807, 2.05) is 44.2 Å². The number of benzene rings is 2. The number of hydrogen-bond donors (Lipinski definition) is 1. The van der Waals surface area contributed by atoms with Gasteiger partial charge in [0.15, 0.2) is 17.6 Å². The molecular formula is C24H25NO5. The molecule has 1 atom stereocenters. The maximum absolute atomic E-state index is 12.7. The van der Waals surface area contributed by atoms with Crippen LogP contribution in [0.15, 0.2) is 54.7 Å². The zero-order valence-corrected chi connectivity index (χ0v) is 17.5. The van der Waals surface area contributed by atoms with Gasteiger partial charge < -0.3 is 19.2 Å². The minimum atomic E-state index is -0.905. The quantitative estimate of drug-likeness (QED) is 0.330. The summed E-state index contributed by atoms with van der Waals surface area (Å²) in [5, 5.41) is 0.803. The summed E-state index contributed by atoms with van der Waals surface area (Å²) in [5.74, 6) is 0.343.